The largest absolute Gasteiger partial charge is 0.324 e. The predicted octanol–water partition coefficient (Wildman–Crippen LogP) is 3.25. The van der Waals surface area contributed by atoms with Gasteiger partial charge in [0.05, 0.1) is 16.3 Å². The molecular weight excluding hydrogens is 459 g/mol. The maximum atomic E-state index is 14.2. The van der Waals surface area contributed by atoms with Crippen molar-refractivity contribution >= 4 is 21.6 Å². The summed E-state index contributed by atoms with van der Waals surface area (Å²) in [5.74, 6) is -0.387. The molecule has 1 aliphatic heterocycles. The van der Waals surface area contributed by atoms with E-state index in [0.717, 1.165) is 31.2 Å². The molecule has 1 saturated heterocycles. The van der Waals surface area contributed by atoms with Gasteiger partial charge in [-0.2, -0.15) is 8.99 Å². The molecule has 1 fully saturated rings. The van der Waals surface area contributed by atoms with E-state index in [-0.39, 0.29) is 22.9 Å². The van der Waals surface area contributed by atoms with Gasteiger partial charge in [0.25, 0.3) is 0 Å². The number of benzene rings is 2. The fourth-order valence-corrected chi connectivity index (χ4v) is 5.46. The lowest BCUT2D eigenvalue weighted by Crippen LogP contribution is -2.31. The van der Waals surface area contributed by atoms with Crippen LogP contribution >= 0.6 is 0 Å². The van der Waals surface area contributed by atoms with Crippen LogP contribution in [0.3, 0.4) is 0 Å². The lowest BCUT2D eigenvalue weighted by Gasteiger charge is -2.20. The first-order chi connectivity index (χ1) is 16.3. The summed E-state index contributed by atoms with van der Waals surface area (Å²) in [7, 11) is -3.51. The Morgan fingerprint density at radius 3 is 2.41 bits per heavy atom. The van der Waals surface area contributed by atoms with E-state index in [2.05, 4.69) is 20.8 Å². The van der Waals surface area contributed by atoms with Crippen LogP contribution in [0.5, 0.6) is 0 Å². The number of nitrogens with one attached hydrogen (secondary N) is 1. The number of rotatable bonds is 7. The lowest BCUT2D eigenvalue weighted by molar-refractivity contribution is -0.116. The molecule has 1 aliphatic rings. The fraction of sp³-hybridized carbons (Fsp3) is 0.391. The third-order valence-corrected chi connectivity index (χ3v) is 7.77. The van der Waals surface area contributed by atoms with Crippen molar-refractivity contribution in [3.05, 3.63) is 59.7 Å². The van der Waals surface area contributed by atoms with E-state index in [1.54, 1.807) is 35.5 Å². The van der Waals surface area contributed by atoms with Crippen molar-refractivity contribution in [3.63, 3.8) is 0 Å². The Bertz CT molecular complexity index is 1250. The summed E-state index contributed by atoms with van der Waals surface area (Å²) in [5.41, 5.74) is 1.39. The Hall–Kier alpha value is -3.18. The molecule has 11 heteroatoms. The van der Waals surface area contributed by atoms with Gasteiger partial charge in [0.1, 0.15) is 5.82 Å². The van der Waals surface area contributed by atoms with E-state index in [4.69, 9.17) is 0 Å². The van der Waals surface area contributed by atoms with Crippen molar-refractivity contribution in [2.75, 3.05) is 18.4 Å². The highest BCUT2D eigenvalue weighted by Crippen LogP contribution is 2.22. The van der Waals surface area contributed by atoms with E-state index in [1.807, 2.05) is 0 Å². The quantitative estimate of drug-likeness (QED) is 0.549. The Morgan fingerprint density at radius 2 is 1.76 bits per heavy atom. The number of tetrazole rings is 1. The maximum absolute atomic E-state index is 14.2. The minimum atomic E-state index is -3.51. The first-order valence-electron chi connectivity index (χ1n) is 11.3. The van der Waals surface area contributed by atoms with Gasteiger partial charge in [0.2, 0.25) is 15.9 Å². The highest BCUT2D eigenvalue weighted by atomic mass is 32.2. The molecule has 0 bridgehead atoms. The molecule has 9 nitrogen and oxygen atoms in total. The molecule has 3 aromatic rings. The predicted molar refractivity (Wildman–Crippen MR) is 124 cm³/mol. The van der Waals surface area contributed by atoms with Crippen molar-refractivity contribution in [1.29, 1.82) is 0 Å². The number of carbonyl (C=O) groups excluding carboxylic acids is 1. The van der Waals surface area contributed by atoms with Crippen LogP contribution in [0.2, 0.25) is 0 Å². The zero-order chi connectivity index (χ0) is 24.1. The minimum absolute atomic E-state index is 0.0382. The van der Waals surface area contributed by atoms with Crippen LogP contribution in [0.1, 0.15) is 43.5 Å². The van der Waals surface area contributed by atoms with E-state index >= 15 is 0 Å². The molecule has 1 amide bonds. The zero-order valence-electron chi connectivity index (χ0n) is 18.9. The Balaban J connectivity index is 1.37. The average molecular weight is 487 g/mol. The number of hydrogen-bond acceptors (Lipinski definition) is 6. The van der Waals surface area contributed by atoms with Gasteiger partial charge in [0.15, 0.2) is 5.82 Å². The molecule has 0 radical (unpaired) electrons. The number of sulfonamides is 1. The average Bonchev–Trinajstić information content (AvgIpc) is 3.07. The van der Waals surface area contributed by atoms with Gasteiger partial charge >= 0.3 is 0 Å². The molecule has 0 atom stereocenters. The summed E-state index contributed by atoms with van der Waals surface area (Å²) in [6.07, 6.45) is 4.38. The number of hydrogen-bond donors (Lipinski definition) is 1. The lowest BCUT2D eigenvalue weighted by atomic mass is 10.1. The van der Waals surface area contributed by atoms with Gasteiger partial charge in [0, 0.05) is 19.5 Å². The molecule has 2 aromatic carbocycles. The zero-order valence-corrected chi connectivity index (χ0v) is 19.8. The molecular formula is C23H27FN6O3S. The Kier molecular flexibility index (Phi) is 7.32. The molecule has 0 saturated carbocycles. The van der Waals surface area contributed by atoms with E-state index < -0.39 is 15.8 Å². The number of halogens is 1. The van der Waals surface area contributed by atoms with Gasteiger partial charge in [-0.25, -0.2) is 12.8 Å². The molecule has 0 aliphatic carbocycles. The maximum Gasteiger partial charge on any atom is 0.243 e. The summed E-state index contributed by atoms with van der Waals surface area (Å²) in [4.78, 5) is 12.7. The molecule has 0 unspecified atom stereocenters. The highest BCUT2D eigenvalue weighted by molar-refractivity contribution is 7.89. The van der Waals surface area contributed by atoms with Crippen LogP contribution in [-0.4, -0.2) is 51.9 Å². The number of amides is 1. The number of aryl methyl sites for hydroxylation is 2. The molecule has 34 heavy (non-hydrogen) atoms. The summed E-state index contributed by atoms with van der Waals surface area (Å²) in [5, 5.41) is 13.8. The van der Waals surface area contributed by atoms with Gasteiger partial charge in [-0.3, -0.25) is 4.79 Å². The van der Waals surface area contributed by atoms with Crippen LogP contribution in [-0.2, 0) is 21.2 Å². The standard InChI is InChI=1S/C23H27FN6O3S/c1-17-26-27-28-30(17)19-9-12-21(24)22(16-19)25-23(31)13-8-18-6-10-20(11-7-18)34(32,33)29-14-4-2-3-5-15-29/h6-7,9-12,16H,2-5,8,13-15H2,1H3,(H,25,31). The molecule has 4 rings (SSSR count). The second-order valence-corrected chi connectivity index (χ2v) is 10.3. The van der Waals surface area contributed by atoms with Crippen LogP contribution in [0.15, 0.2) is 47.4 Å². The normalized spacial score (nSPS) is 15.1. The Labute approximate surface area is 198 Å². The number of aromatic nitrogens is 4. The van der Waals surface area contributed by atoms with Crippen LogP contribution < -0.4 is 5.32 Å². The molecule has 180 valence electrons. The number of anilines is 1. The molecule has 1 N–H and O–H groups in total. The monoisotopic (exact) mass is 486 g/mol. The fourth-order valence-electron chi connectivity index (χ4n) is 3.94. The minimum Gasteiger partial charge on any atom is -0.324 e. The van der Waals surface area contributed by atoms with Crippen molar-refractivity contribution < 1.29 is 17.6 Å². The summed E-state index contributed by atoms with van der Waals surface area (Å²) in [6, 6.07) is 10.9. The highest BCUT2D eigenvalue weighted by Gasteiger charge is 2.25. The molecule has 2 heterocycles. The summed E-state index contributed by atoms with van der Waals surface area (Å²) < 4.78 is 43.0. The number of carbonyl (C=O) groups is 1. The first-order valence-corrected chi connectivity index (χ1v) is 12.7. The van der Waals surface area contributed by atoms with Gasteiger partial charge in [-0.05, 0) is 72.5 Å². The number of nitrogens with zero attached hydrogens (tertiary/aromatic N) is 5. The van der Waals surface area contributed by atoms with Gasteiger partial charge < -0.3 is 5.32 Å². The van der Waals surface area contributed by atoms with E-state index in [0.29, 0.717) is 31.0 Å². The smallest absolute Gasteiger partial charge is 0.243 e. The van der Waals surface area contributed by atoms with Crippen molar-refractivity contribution in [2.45, 2.75) is 50.3 Å². The van der Waals surface area contributed by atoms with Crippen molar-refractivity contribution in [3.8, 4) is 5.69 Å². The molecule has 1 aromatic heterocycles. The van der Waals surface area contributed by atoms with Crippen molar-refractivity contribution in [1.82, 2.24) is 24.5 Å². The third-order valence-electron chi connectivity index (χ3n) is 5.86. The van der Waals surface area contributed by atoms with Gasteiger partial charge in [-0.1, -0.05) is 25.0 Å². The first kappa shape index (κ1) is 24.0. The SMILES string of the molecule is Cc1nnnn1-c1ccc(F)c(NC(=O)CCc2ccc(S(=O)(=O)N3CCCCCC3)cc2)c1. The van der Waals surface area contributed by atoms with E-state index in [9.17, 15) is 17.6 Å². The van der Waals surface area contributed by atoms with Crippen LogP contribution in [0.25, 0.3) is 5.69 Å². The second kappa shape index (κ2) is 10.4. The van der Waals surface area contributed by atoms with E-state index in [1.165, 1.54) is 22.9 Å². The summed E-state index contributed by atoms with van der Waals surface area (Å²) in [6.45, 7) is 2.82. The summed E-state index contributed by atoms with van der Waals surface area (Å²) >= 11 is 0. The van der Waals surface area contributed by atoms with Crippen LogP contribution in [0, 0.1) is 12.7 Å². The second-order valence-electron chi connectivity index (χ2n) is 8.31. The van der Waals surface area contributed by atoms with Gasteiger partial charge in [-0.15, -0.1) is 5.10 Å². The third kappa shape index (κ3) is 5.48. The Morgan fingerprint density at radius 1 is 1.06 bits per heavy atom. The topological polar surface area (TPSA) is 110 Å². The molecule has 0 spiro atoms. The van der Waals surface area contributed by atoms with Crippen LogP contribution in [0.4, 0.5) is 10.1 Å². The van der Waals surface area contributed by atoms with Crippen molar-refractivity contribution in [2.24, 2.45) is 0 Å².